The number of anilines is 1. The number of aromatic carboxylic acids is 1. The Balaban J connectivity index is 1.61. The van der Waals surface area contributed by atoms with Gasteiger partial charge in [0, 0.05) is 30.8 Å². The molecule has 1 heterocycles. The molecule has 3 rings (SSSR count). The van der Waals surface area contributed by atoms with Crippen LogP contribution in [0.15, 0.2) is 42.5 Å². The van der Waals surface area contributed by atoms with E-state index in [1.165, 1.54) is 12.1 Å². The topological polar surface area (TPSA) is 86.7 Å². The monoisotopic (exact) mass is 380 g/mol. The molecule has 1 fully saturated rings. The minimum atomic E-state index is -0.969. The molecule has 146 valence electrons. The van der Waals surface area contributed by atoms with Crippen LogP contribution in [0.5, 0.6) is 0 Å². The normalized spacial score (nSPS) is 13.4. The number of carboxylic acid groups (broad SMARTS) is 1. The lowest BCUT2D eigenvalue weighted by Gasteiger charge is -2.18. The molecular formula is C22H24N2O4. The van der Waals surface area contributed by atoms with E-state index < -0.39 is 5.97 Å². The average molecular weight is 380 g/mol. The predicted octanol–water partition coefficient (Wildman–Crippen LogP) is 3.50. The van der Waals surface area contributed by atoms with Gasteiger partial charge in [-0.3, -0.25) is 9.59 Å². The number of nitrogens with zero attached hydrogens (tertiary/aromatic N) is 1. The minimum Gasteiger partial charge on any atom is -0.478 e. The van der Waals surface area contributed by atoms with Crippen LogP contribution in [0, 0.1) is 6.92 Å². The van der Waals surface area contributed by atoms with Gasteiger partial charge in [-0.1, -0.05) is 18.2 Å². The van der Waals surface area contributed by atoms with Crippen LogP contribution < -0.4 is 5.32 Å². The second kappa shape index (κ2) is 8.69. The maximum Gasteiger partial charge on any atom is 0.335 e. The summed E-state index contributed by atoms with van der Waals surface area (Å²) in [5, 5.41) is 11.8. The molecule has 0 atom stereocenters. The molecule has 0 bridgehead atoms. The van der Waals surface area contributed by atoms with Gasteiger partial charge in [-0.2, -0.15) is 0 Å². The Morgan fingerprint density at radius 3 is 2.36 bits per heavy atom. The van der Waals surface area contributed by atoms with Crippen molar-refractivity contribution in [3.8, 4) is 0 Å². The molecule has 0 spiro atoms. The predicted molar refractivity (Wildman–Crippen MR) is 107 cm³/mol. The van der Waals surface area contributed by atoms with Crippen molar-refractivity contribution in [2.75, 3.05) is 18.4 Å². The van der Waals surface area contributed by atoms with E-state index in [9.17, 15) is 14.4 Å². The van der Waals surface area contributed by atoms with Crippen molar-refractivity contribution < 1.29 is 19.5 Å². The summed E-state index contributed by atoms with van der Waals surface area (Å²) in [5.41, 5.74) is 3.18. The van der Waals surface area contributed by atoms with E-state index in [1.54, 1.807) is 30.3 Å². The fraction of sp³-hybridized carbons (Fsp3) is 0.318. The molecule has 1 aliphatic heterocycles. The molecular weight excluding hydrogens is 356 g/mol. The minimum absolute atomic E-state index is 0.0182. The molecule has 0 unspecified atom stereocenters. The molecule has 0 radical (unpaired) electrons. The standard InChI is InChI=1S/C22H24N2O4/c1-15-18(21(26)24-13-2-3-14-24)5-4-6-19(15)23-20(25)12-9-16-7-10-17(11-8-16)22(27)28/h4-8,10-11H,2-3,9,12-14H2,1H3,(H,23,25)(H,27,28). The van der Waals surface area contributed by atoms with Crippen LogP contribution in [-0.4, -0.2) is 40.9 Å². The fourth-order valence-corrected chi connectivity index (χ4v) is 3.38. The first-order valence-corrected chi connectivity index (χ1v) is 9.46. The van der Waals surface area contributed by atoms with E-state index in [2.05, 4.69) is 5.32 Å². The number of carbonyl (C=O) groups excluding carboxylic acids is 2. The van der Waals surface area contributed by atoms with Gasteiger partial charge in [0.15, 0.2) is 0 Å². The zero-order valence-corrected chi connectivity index (χ0v) is 15.9. The highest BCUT2D eigenvalue weighted by Crippen LogP contribution is 2.22. The van der Waals surface area contributed by atoms with Crippen LogP contribution in [0.25, 0.3) is 0 Å². The maximum atomic E-state index is 12.7. The molecule has 6 heteroatoms. The molecule has 2 amide bonds. The van der Waals surface area contributed by atoms with Crippen LogP contribution in [0.4, 0.5) is 5.69 Å². The van der Waals surface area contributed by atoms with Gasteiger partial charge in [0.2, 0.25) is 5.91 Å². The number of carbonyl (C=O) groups is 3. The second-order valence-corrected chi connectivity index (χ2v) is 7.03. The van der Waals surface area contributed by atoms with E-state index in [0.29, 0.717) is 17.7 Å². The number of rotatable bonds is 6. The Hall–Kier alpha value is -3.15. The van der Waals surface area contributed by atoms with Gasteiger partial charge < -0.3 is 15.3 Å². The first-order valence-electron chi connectivity index (χ1n) is 9.46. The van der Waals surface area contributed by atoms with E-state index in [-0.39, 0.29) is 23.8 Å². The third-order valence-electron chi connectivity index (χ3n) is 5.07. The molecule has 2 N–H and O–H groups in total. The van der Waals surface area contributed by atoms with Gasteiger partial charge in [-0.05, 0) is 61.6 Å². The Kier molecular flexibility index (Phi) is 6.09. The highest BCUT2D eigenvalue weighted by atomic mass is 16.4. The molecule has 0 saturated carbocycles. The van der Waals surface area contributed by atoms with Gasteiger partial charge in [-0.25, -0.2) is 4.79 Å². The summed E-state index contributed by atoms with van der Waals surface area (Å²) in [7, 11) is 0. The van der Waals surface area contributed by atoms with Crippen molar-refractivity contribution >= 4 is 23.5 Å². The van der Waals surface area contributed by atoms with E-state index >= 15 is 0 Å². The summed E-state index contributed by atoms with van der Waals surface area (Å²) in [6.07, 6.45) is 2.86. The summed E-state index contributed by atoms with van der Waals surface area (Å²) in [6, 6.07) is 11.9. The van der Waals surface area contributed by atoms with Crippen molar-refractivity contribution in [3.63, 3.8) is 0 Å². The van der Waals surface area contributed by atoms with Gasteiger partial charge in [0.1, 0.15) is 0 Å². The number of aryl methyl sites for hydroxylation is 1. The van der Waals surface area contributed by atoms with Crippen molar-refractivity contribution in [2.24, 2.45) is 0 Å². The Morgan fingerprint density at radius 2 is 1.71 bits per heavy atom. The van der Waals surface area contributed by atoms with Crippen LogP contribution in [-0.2, 0) is 11.2 Å². The van der Waals surface area contributed by atoms with Crippen LogP contribution >= 0.6 is 0 Å². The smallest absolute Gasteiger partial charge is 0.335 e. The van der Waals surface area contributed by atoms with Gasteiger partial charge in [-0.15, -0.1) is 0 Å². The van der Waals surface area contributed by atoms with Crippen molar-refractivity contribution in [1.29, 1.82) is 0 Å². The van der Waals surface area contributed by atoms with E-state index in [0.717, 1.165) is 37.1 Å². The summed E-state index contributed by atoms with van der Waals surface area (Å²) in [4.78, 5) is 37.8. The first-order chi connectivity index (χ1) is 13.5. The SMILES string of the molecule is Cc1c(NC(=O)CCc2ccc(C(=O)O)cc2)cccc1C(=O)N1CCCC1. The Labute approximate surface area is 164 Å². The largest absolute Gasteiger partial charge is 0.478 e. The quantitative estimate of drug-likeness (QED) is 0.803. The van der Waals surface area contributed by atoms with Crippen LogP contribution in [0.1, 0.15) is 51.1 Å². The van der Waals surface area contributed by atoms with Crippen LogP contribution in [0.2, 0.25) is 0 Å². The van der Waals surface area contributed by atoms with Crippen molar-refractivity contribution in [2.45, 2.75) is 32.6 Å². The third-order valence-corrected chi connectivity index (χ3v) is 5.07. The number of carboxylic acids is 1. The molecule has 2 aromatic carbocycles. The van der Waals surface area contributed by atoms with Crippen molar-refractivity contribution in [3.05, 3.63) is 64.7 Å². The third kappa shape index (κ3) is 4.57. The first kappa shape index (κ1) is 19.6. The summed E-state index contributed by atoms with van der Waals surface area (Å²) in [5.74, 6) is -1.09. The molecule has 2 aromatic rings. The molecule has 0 aromatic heterocycles. The average Bonchev–Trinajstić information content (AvgIpc) is 3.22. The highest BCUT2D eigenvalue weighted by Gasteiger charge is 2.22. The fourth-order valence-electron chi connectivity index (χ4n) is 3.38. The molecule has 6 nitrogen and oxygen atoms in total. The maximum absolute atomic E-state index is 12.7. The van der Waals surface area contributed by atoms with E-state index in [1.807, 2.05) is 11.8 Å². The lowest BCUT2D eigenvalue weighted by atomic mass is 10.0. The van der Waals surface area contributed by atoms with Crippen LogP contribution in [0.3, 0.4) is 0 Å². The Bertz CT molecular complexity index is 884. The highest BCUT2D eigenvalue weighted by molar-refractivity contribution is 5.99. The lowest BCUT2D eigenvalue weighted by Crippen LogP contribution is -2.28. The van der Waals surface area contributed by atoms with Crippen molar-refractivity contribution in [1.82, 2.24) is 4.90 Å². The number of hydrogen-bond acceptors (Lipinski definition) is 3. The zero-order chi connectivity index (χ0) is 20.1. The summed E-state index contributed by atoms with van der Waals surface area (Å²) < 4.78 is 0. The second-order valence-electron chi connectivity index (χ2n) is 7.03. The Morgan fingerprint density at radius 1 is 1.04 bits per heavy atom. The molecule has 1 saturated heterocycles. The van der Waals surface area contributed by atoms with Gasteiger partial charge in [0.25, 0.3) is 5.91 Å². The number of hydrogen-bond donors (Lipinski definition) is 2. The van der Waals surface area contributed by atoms with Gasteiger partial charge >= 0.3 is 5.97 Å². The molecule has 28 heavy (non-hydrogen) atoms. The number of nitrogens with one attached hydrogen (secondary N) is 1. The number of likely N-dealkylation sites (tertiary alicyclic amines) is 1. The molecule has 0 aliphatic carbocycles. The number of benzene rings is 2. The van der Waals surface area contributed by atoms with E-state index in [4.69, 9.17) is 5.11 Å². The zero-order valence-electron chi connectivity index (χ0n) is 15.9. The summed E-state index contributed by atoms with van der Waals surface area (Å²) >= 11 is 0. The lowest BCUT2D eigenvalue weighted by molar-refractivity contribution is -0.116. The molecule has 1 aliphatic rings. The summed E-state index contributed by atoms with van der Waals surface area (Å²) in [6.45, 7) is 3.43. The van der Waals surface area contributed by atoms with Gasteiger partial charge in [0.05, 0.1) is 5.56 Å². The number of amides is 2.